The fourth-order valence-electron chi connectivity index (χ4n) is 3.97. The second-order valence-corrected chi connectivity index (χ2v) is 9.24. The Hall–Kier alpha value is -2.64. The van der Waals surface area contributed by atoms with Crippen molar-refractivity contribution in [1.29, 1.82) is 0 Å². The third-order valence-corrected chi connectivity index (χ3v) is 7.04. The minimum Gasteiger partial charge on any atom is -0.496 e. The zero-order valence-corrected chi connectivity index (χ0v) is 19.0. The molecule has 0 bridgehead atoms. The number of carbonyl (C=O) groups is 2. The van der Waals surface area contributed by atoms with Gasteiger partial charge in [0.05, 0.1) is 12.0 Å². The summed E-state index contributed by atoms with van der Waals surface area (Å²) in [5.41, 5.74) is 2.10. The Bertz CT molecular complexity index is 1020. The van der Waals surface area contributed by atoms with Crippen molar-refractivity contribution >= 4 is 46.2 Å². The van der Waals surface area contributed by atoms with E-state index in [4.69, 9.17) is 17.0 Å². The van der Waals surface area contributed by atoms with E-state index >= 15 is 0 Å². The molecule has 2 aromatic rings. The van der Waals surface area contributed by atoms with Crippen LogP contribution in [0.5, 0.6) is 5.75 Å². The molecule has 1 unspecified atom stereocenters. The number of hydrogen-bond donors (Lipinski definition) is 0. The van der Waals surface area contributed by atoms with Crippen LogP contribution in [0.1, 0.15) is 29.9 Å². The van der Waals surface area contributed by atoms with E-state index in [1.165, 1.54) is 22.2 Å². The highest BCUT2D eigenvalue weighted by molar-refractivity contribution is 8.26. The van der Waals surface area contributed by atoms with E-state index in [1.807, 2.05) is 47.4 Å². The number of para-hydroxylation sites is 1. The van der Waals surface area contributed by atoms with Crippen LogP contribution in [-0.4, -0.2) is 52.7 Å². The summed E-state index contributed by atoms with van der Waals surface area (Å²) in [6.45, 7) is 1.79. The van der Waals surface area contributed by atoms with Gasteiger partial charge in [-0.2, -0.15) is 0 Å². The molecule has 0 radical (unpaired) electrons. The van der Waals surface area contributed by atoms with Crippen LogP contribution >= 0.6 is 24.0 Å². The summed E-state index contributed by atoms with van der Waals surface area (Å²) in [6, 6.07) is 17.8. The molecule has 31 heavy (non-hydrogen) atoms. The first-order chi connectivity index (χ1) is 15.1. The average molecular weight is 453 g/mol. The molecule has 0 aliphatic carbocycles. The summed E-state index contributed by atoms with van der Waals surface area (Å²) >= 11 is 6.68. The molecular weight excluding hydrogens is 428 g/mol. The van der Waals surface area contributed by atoms with Gasteiger partial charge < -0.3 is 9.64 Å². The number of thioether (sulfide) groups is 1. The summed E-state index contributed by atoms with van der Waals surface area (Å²) < 4.78 is 5.85. The van der Waals surface area contributed by atoms with Crippen LogP contribution in [-0.2, 0) is 9.59 Å². The molecule has 5 nitrogen and oxygen atoms in total. The molecule has 0 saturated carbocycles. The van der Waals surface area contributed by atoms with Crippen molar-refractivity contribution in [2.75, 3.05) is 26.7 Å². The van der Waals surface area contributed by atoms with Crippen LogP contribution in [0.4, 0.5) is 0 Å². The molecule has 0 spiro atoms. The molecule has 2 saturated heterocycles. The van der Waals surface area contributed by atoms with Gasteiger partial charge in [-0.1, -0.05) is 72.5 Å². The fourth-order valence-corrected chi connectivity index (χ4v) is 5.27. The van der Waals surface area contributed by atoms with Crippen molar-refractivity contribution in [3.05, 3.63) is 70.6 Å². The first-order valence-electron chi connectivity index (χ1n) is 10.3. The highest BCUT2D eigenvalue weighted by Crippen LogP contribution is 2.34. The van der Waals surface area contributed by atoms with Gasteiger partial charge in [0.15, 0.2) is 0 Å². The zero-order valence-electron chi connectivity index (χ0n) is 17.3. The van der Waals surface area contributed by atoms with E-state index in [1.54, 1.807) is 13.2 Å². The summed E-state index contributed by atoms with van der Waals surface area (Å²) in [7, 11) is 1.60. The molecule has 0 aromatic heterocycles. The Labute approximate surface area is 192 Å². The highest BCUT2D eigenvalue weighted by Gasteiger charge is 2.33. The summed E-state index contributed by atoms with van der Waals surface area (Å²) in [6.07, 6.45) is 3.04. The fraction of sp³-hybridized carbons (Fsp3) is 0.292. The van der Waals surface area contributed by atoms with Gasteiger partial charge in [0.2, 0.25) is 5.91 Å². The predicted molar refractivity (Wildman–Crippen MR) is 128 cm³/mol. The van der Waals surface area contributed by atoms with Crippen molar-refractivity contribution in [1.82, 2.24) is 9.80 Å². The number of carbonyl (C=O) groups excluding carboxylic acids is 2. The number of likely N-dealkylation sites (tertiary alicyclic amines) is 1. The van der Waals surface area contributed by atoms with Crippen molar-refractivity contribution in [3.63, 3.8) is 0 Å². The maximum absolute atomic E-state index is 12.9. The smallest absolute Gasteiger partial charge is 0.266 e. The number of nitrogens with zero attached hydrogens (tertiary/aromatic N) is 2. The van der Waals surface area contributed by atoms with Gasteiger partial charge in [-0.25, -0.2) is 0 Å². The van der Waals surface area contributed by atoms with Crippen LogP contribution in [0.2, 0.25) is 0 Å². The third kappa shape index (κ3) is 4.83. The van der Waals surface area contributed by atoms with Gasteiger partial charge >= 0.3 is 0 Å². The monoisotopic (exact) mass is 452 g/mol. The molecule has 2 aliphatic heterocycles. The normalized spacial score (nSPS) is 20.0. The van der Waals surface area contributed by atoms with E-state index in [0.29, 0.717) is 27.4 Å². The molecule has 160 valence electrons. The second kappa shape index (κ2) is 9.66. The molecule has 2 aliphatic rings. The number of hydrogen-bond acceptors (Lipinski definition) is 5. The van der Waals surface area contributed by atoms with Crippen molar-refractivity contribution in [2.24, 2.45) is 0 Å². The van der Waals surface area contributed by atoms with E-state index < -0.39 is 0 Å². The lowest BCUT2D eigenvalue weighted by atomic mass is 9.99. The number of benzene rings is 2. The number of ether oxygens (including phenoxy) is 1. The minimum absolute atomic E-state index is 0.0705. The lowest BCUT2D eigenvalue weighted by molar-refractivity contribution is -0.130. The van der Waals surface area contributed by atoms with E-state index in [9.17, 15) is 9.59 Å². The van der Waals surface area contributed by atoms with Gasteiger partial charge in [0.1, 0.15) is 10.1 Å². The van der Waals surface area contributed by atoms with Crippen LogP contribution in [0.15, 0.2) is 59.5 Å². The number of methoxy groups -OCH3 is 1. The first-order valence-corrected chi connectivity index (χ1v) is 11.5. The van der Waals surface area contributed by atoms with Crippen molar-refractivity contribution in [2.45, 2.75) is 18.8 Å². The second-order valence-electron chi connectivity index (χ2n) is 7.56. The molecule has 2 aromatic carbocycles. The maximum Gasteiger partial charge on any atom is 0.266 e. The molecule has 2 amide bonds. The van der Waals surface area contributed by atoms with Crippen LogP contribution in [0, 0.1) is 0 Å². The Morgan fingerprint density at radius 3 is 2.71 bits per heavy atom. The molecule has 2 heterocycles. The Morgan fingerprint density at radius 1 is 1.19 bits per heavy atom. The number of thiocarbonyl (C=S) groups is 1. The Balaban J connectivity index is 1.35. The third-order valence-electron chi connectivity index (χ3n) is 5.66. The Kier molecular flexibility index (Phi) is 6.73. The summed E-state index contributed by atoms with van der Waals surface area (Å²) in [4.78, 5) is 29.6. The summed E-state index contributed by atoms with van der Waals surface area (Å²) in [5.74, 6) is 0.994. The SMILES string of the molecule is COc1ccccc1C=C1SC(=S)N(CCC(=O)N2CCC(c3ccccc3)C2)C1=O. The standard InChI is InChI=1S/C24H24N2O3S2/c1-29-20-10-6-5-9-18(20)15-21-23(28)26(24(30)31-21)14-12-22(27)25-13-11-19(16-25)17-7-3-2-4-8-17/h2-10,15,19H,11-14,16H2,1H3. The van der Waals surface area contributed by atoms with Gasteiger partial charge in [-0.05, 0) is 24.1 Å². The highest BCUT2D eigenvalue weighted by atomic mass is 32.2. The van der Waals surface area contributed by atoms with Gasteiger partial charge in [0.25, 0.3) is 5.91 Å². The molecular formula is C24H24N2O3S2. The molecule has 1 atom stereocenters. The van der Waals surface area contributed by atoms with Gasteiger partial charge in [-0.15, -0.1) is 0 Å². The lowest BCUT2D eigenvalue weighted by Crippen LogP contribution is -2.35. The lowest BCUT2D eigenvalue weighted by Gasteiger charge is -2.19. The number of amides is 2. The molecule has 7 heteroatoms. The minimum atomic E-state index is -0.155. The predicted octanol–water partition coefficient (Wildman–Crippen LogP) is 4.30. The largest absolute Gasteiger partial charge is 0.496 e. The van der Waals surface area contributed by atoms with Crippen LogP contribution < -0.4 is 4.74 Å². The number of rotatable bonds is 6. The Morgan fingerprint density at radius 2 is 1.94 bits per heavy atom. The van der Waals surface area contributed by atoms with E-state index in [0.717, 1.165) is 25.1 Å². The van der Waals surface area contributed by atoms with Gasteiger partial charge in [-0.3, -0.25) is 14.5 Å². The van der Waals surface area contributed by atoms with Crippen molar-refractivity contribution < 1.29 is 14.3 Å². The topological polar surface area (TPSA) is 49.9 Å². The van der Waals surface area contributed by atoms with Gasteiger partial charge in [0, 0.05) is 37.5 Å². The first kappa shape index (κ1) is 21.6. The van der Waals surface area contributed by atoms with E-state index in [-0.39, 0.29) is 18.2 Å². The quantitative estimate of drug-likeness (QED) is 0.483. The molecule has 0 N–H and O–H groups in total. The van der Waals surface area contributed by atoms with Crippen LogP contribution in [0.3, 0.4) is 0 Å². The van der Waals surface area contributed by atoms with Crippen molar-refractivity contribution in [3.8, 4) is 5.75 Å². The molecule has 4 rings (SSSR count). The summed E-state index contributed by atoms with van der Waals surface area (Å²) in [5, 5.41) is 0. The zero-order chi connectivity index (χ0) is 21.8. The molecule has 2 fully saturated rings. The maximum atomic E-state index is 12.9. The average Bonchev–Trinajstić information content (AvgIpc) is 3.39. The van der Waals surface area contributed by atoms with E-state index in [2.05, 4.69) is 12.1 Å². The van der Waals surface area contributed by atoms with Crippen LogP contribution in [0.25, 0.3) is 6.08 Å².